The first kappa shape index (κ1) is 14.2. The molecular formula is C16H13BrClN3. The highest BCUT2D eigenvalue weighted by atomic mass is 79.9. The summed E-state index contributed by atoms with van der Waals surface area (Å²) in [5.74, 6) is 0. The molecule has 0 saturated carbocycles. The van der Waals surface area contributed by atoms with E-state index in [1.807, 2.05) is 43.3 Å². The molecule has 0 aliphatic carbocycles. The molecule has 0 bridgehead atoms. The first-order chi connectivity index (χ1) is 10.0. The molecule has 3 rings (SSSR count). The summed E-state index contributed by atoms with van der Waals surface area (Å²) in [4.78, 5) is 4.34. The maximum atomic E-state index is 6.20. The molecule has 0 atom stereocenters. The minimum atomic E-state index is 0.701. The van der Waals surface area contributed by atoms with Gasteiger partial charge in [-0.15, -0.1) is 0 Å². The molecule has 0 aliphatic rings. The van der Waals surface area contributed by atoms with Gasteiger partial charge in [-0.2, -0.15) is 0 Å². The van der Waals surface area contributed by atoms with E-state index in [9.17, 15) is 0 Å². The second-order valence-electron chi connectivity index (χ2n) is 4.84. The smallest absolute Gasteiger partial charge is 0.0743 e. The van der Waals surface area contributed by atoms with E-state index in [2.05, 4.69) is 26.2 Å². The van der Waals surface area contributed by atoms with Gasteiger partial charge in [-0.1, -0.05) is 11.6 Å². The molecule has 1 heterocycles. The lowest BCUT2D eigenvalue weighted by Crippen LogP contribution is -1.95. The van der Waals surface area contributed by atoms with Crippen LogP contribution in [0.2, 0.25) is 5.02 Å². The number of halogens is 2. The van der Waals surface area contributed by atoms with Crippen molar-refractivity contribution in [1.29, 1.82) is 0 Å². The van der Waals surface area contributed by atoms with Crippen molar-refractivity contribution in [1.82, 2.24) is 4.98 Å². The van der Waals surface area contributed by atoms with Crippen molar-refractivity contribution in [3.05, 3.63) is 57.7 Å². The van der Waals surface area contributed by atoms with Gasteiger partial charge in [0.15, 0.2) is 0 Å². The van der Waals surface area contributed by atoms with E-state index in [1.54, 1.807) is 6.20 Å². The van der Waals surface area contributed by atoms with Gasteiger partial charge in [0.05, 0.1) is 11.2 Å². The second kappa shape index (κ2) is 5.54. The third-order valence-corrected chi connectivity index (χ3v) is 4.35. The third-order valence-electron chi connectivity index (χ3n) is 3.28. The quantitative estimate of drug-likeness (QED) is 0.609. The van der Waals surface area contributed by atoms with E-state index < -0.39 is 0 Å². The summed E-state index contributed by atoms with van der Waals surface area (Å²) < 4.78 is 0.963. The van der Waals surface area contributed by atoms with Gasteiger partial charge in [-0.3, -0.25) is 4.98 Å². The minimum absolute atomic E-state index is 0.701. The summed E-state index contributed by atoms with van der Waals surface area (Å²) >= 11 is 9.76. The molecule has 2 aromatic carbocycles. The van der Waals surface area contributed by atoms with Crippen molar-refractivity contribution in [2.75, 3.05) is 11.1 Å². The zero-order valence-electron chi connectivity index (χ0n) is 11.3. The van der Waals surface area contributed by atoms with Crippen LogP contribution in [-0.4, -0.2) is 4.98 Å². The molecule has 3 N–H and O–H groups in total. The molecule has 0 unspecified atom stereocenters. The van der Waals surface area contributed by atoms with Gasteiger partial charge in [-0.25, -0.2) is 0 Å². The number of hydrogen-bond donors (Lipinski definition) is 2. The Morgan fingerprint density at radius 2 is 1.95 bits per heavy atom. The molecule has 0 aliphatic heterocycles. The first-order valence-electron chi connectivity index (χ1n) is 6.41. The van der Waals surface area contributed by atoms with Crippen LogP contribution >= 0.6 is 27.5 Å². The number of anilines is 3. The predicted molar refractivity (Wildman–Crippen MR) is 93.3 cm³/mol. The number of nitrogen functional groups attached to an aromatic ring is 1. The third kappa shape index (κ3) is 2.82. The Morgan fingerprint density at radius 1 is 1.14 bits per heavy atom. The summed E-state index contributed by atoms with van der Waals surface area (Å²) in [6, 6.07) is 11.5. The molecule has 0 radical (unpaired) electrons. The van der Waals surface area contributed by atoms with Gasteiger partial charge in [-0.05, 0) is 64.8 Å². The number of nitrogens with zero attached hydrogens (tertiary/aromatic N) is 1. The van der Waals surface area contributed by atoms with Crippen LogP contribution in [0.4, 0.5) is 17.1 Å². The molecule has 0 amide bonds. The first-order valence-corrected chi connectivity index (χ1v) is 7.58. The van der Waals surface area contributed by atoms with Crippen molar-refractivity contribution in [2.45, 2.75) is 6.92 Å². The number of aromatic nitrogens is 1. The monoisotopic (exact) mass is 361 g/mol. The lowest BCUT2D eigenvalue weighted by Gasteiger charge is -2.12. The number of nitrogens with two attached hydrogens (primary N) is 1. The zero-order valence-corrected chi connectivity index (χ0v) is 13.7. The number of hydrogen-bond acceptors (Lipinski definition) is 3. The summed E-state index contributed by atoms with van der Waals surface area (Å²) in [5, 5.41) is 5.13. The molecular weight excluding hydrogens is 350 g/mol. The Balaban J connectivity index is 2.08. The van der Waals surface area contributed by atoms with E-state index in [1.165, 1.54) is 0 Å². The number of nitrogens with one attached hydrogen (secondary N) is 1. The van der Waals surface area contributed by atoms with Crippen LogP contribution in [0.5, 0.6) is 0 Å². The molecule has 5 heteroatoms. The van der Waals surface area contributed by atoms with Crippen molar-refractivity contribution in [2.24, 2.45) is 0 Å². The van der Waals surface area contributed by atoms with Crippen LogP contribution in [0.3, 0.4) is 0 Å². The van der Waals surface area contributed by atoms with Gasteiger partial charge in [0.2, 0.25) is 0 Å². The maximum absolute atomic E-state index is 6.20. The molecule has 0 fully saturated rings. The van der Waals surface area contributed by atoms with Crippen LogP contribution in [0.1, 0.15) is 5.56 Å². The summed E-state index contributed by atoms with van der Waals surface area (Å²) in [5.41, 5.74) is 10.3. The van der Waals surface area contributed by atoms with E-state index in [0.717, 1.165) is 37.3 Å². The summed E-state index contributed by atoms with van der Waals surface area (Å²) in [7, 11) is 0. The highest BCUT2D eigenvalue weighted by molar-refractivity contribution is 9.10. The number of rotatable bonds is 2. The van der Waals surface area contributed by atoms with Crippen LogP contribution in [0.25, 0.3) is 10.9 Å². The average molecular weight is 363 g/mol. The molecule has 0 saturated heterocycles. The fourth-order valence-corrected chi connectivity index (χ4v) is 2.88. The summed E-state index contributed by atoms with van der Waals surface area (Å²) in [6.45, 7) is 1.97. The lowest BCUT2D eigenvalue weighted by atomic mass is 10.1. The highest BCUT2D eigenvalue weighted by Crippen LogP contribution is 2.33. The number of aryl methyl sites for hydroxylation is 1. The van der Waals surface area contributed by atoms with Crippen LogP contribution < -0.4 is 11.1 Å². The van der Waals surface area contributed by atoms with Crippen molar-refractivity contribution < 1.29 is 0 Å². The van der Waals surface area contributed by atoms with Crippen molar-refractivity contribution >= 4 is 55.5 Å². The van der Waals surface area contributed by atoms with Crippen molar-refractivity contribution in [3.8, 4) is 0 Å². The topological polar surface area (TPSA) is 50.9 Å². The Hall–Kier alpha value is -1.78. The lowest BCUT2D eigenvalue weighted by molar-refractivity contribution is 1.39. The molecule has 3 nitrogen and oxygen atoms in total. The SMILES string of the molecule is Cc1cc(Br)c(Nc2ccnc3cc(N)ccc23)cc1Cl. The second-order valence-corrected chi connectivity index (χ2v) is 6.10. The molecule has 21 heavy (non-hydrogen) atoms. The van der Waals surface area contributed by atoms with Crippen molar-refractivity contribution in [3.63, 3.8) is 0 Å². The Kier molecular flexibility index (Phi) is 3.74. The Bertz CT molecular complexity index is 833. The van der Waals surface area contributed by atoms with Gasteiger partial charge in [0, 0.05) is 32.5 Å². The molecule has 106 valence electrons. The van der Waals surface area contributed by atoms with E-state index >= 15 is 0 Å². The van der Waals surface area contributed by atoms with E-state index in [4.69, 9.17) is 17.3 Å². The van der Waals surface area contributed by atoms with Gasteiger partial charge < -0.3 is 11.1 Å². The Morgan fingerprint density at radius 3 is 2.76 bits per heavy atom. The largest absolute Gasteiger partial charge is 0.399 e. The van der Waals surface area contributed by atoms with Crippen LogP contribution in [0.15, 0.2) is 47.1 Å². The van der Waals surface area contributed by atoms with Crippen LogP contribution in [0, 0.1) is 6.92 Å². The van der Waals surface area contributed by atoms with E-state index in [-0.39, 0.29) is 0 Å². The maximum Gasteiger partial charge on any atom is 0.0743 e. The zero-order chi connectivity index (χ0) is 15.0. The standard InChI is InChI=1S/C16H13BrClN3/c1-9-6-12(17)16(8-13(9)18)21-14-4-5-20-15-7-10(19)2-3-11(14)15/h2-8H,19H2,1H3,(H,20,21). The molecule has 3 aromatic rings. The van der Waals surface area contributed by atoms with E-state index in [0.29, 0.717) is 5.69 Å². The number of fused-ring (bicyclic) bond motifs is 1. The summed E-state index contributed by atoms with van der Waals surface area (Å²) in [6.07, 6.45) is 1.76. The average Bonchev–Trinajstić information content (AvgIpc) is 2.44. The number of benzene rings is 2. The highest BCUT2D eigenvalue weighted by Gasteiger charge is 2.07. The fourth-order valence-electron chi connectivity index (χ4n) is 2.16. The molecule has 1 aromatic heterocycles. The minimum Gasteiger partial charge on any atom is -0.399 e. The number of pyridine rings is 1. The van der Waals surface area contributed by atoms with Gasteiger partial charge in [0.25, 0.3) is 0 Å². The normalized spacial score (nSPS) is 10.8. The van der Waals surface area contributed by atoms with Gasteiger partial charge >= 0.3 is 0 Å². The molecule has 0 spiro atoms. The predicted octanol–water partition coefficient (Wildman–Crippen LogP) is 5.28. The fraction of sp³-hybridized carbons (Fsp3) is 0.0625. The Labute approximate surface area is 136 Å². The van der Waals surface area contributed by atoms with Crippen LogP contribution in [-0.2, 0) is 0 Å². The van der Waals surface area contributed by atoms with Gasteiger partial charge in [0.1, 0.15) is 0 Å².